The lowest BCUT2D eigenvalue weighted by Gasteiger charge is -2.58. The summed E-state index contributed by atoms with van der Waals surface area (Å²) in [6, 6.07) is 0. The van der Waals surface area contributed by atoms with Gasteiger partial charge in [0.1, 0.15) is 0 Å². The zero-order chi connectivity index (χ0) is 16.6. The topological polar surface area (TPSA) is 38.7 Å². The van der Waals surface area contributed by atoms with E-state index in [9.17, 15) is 5.11 Å². The van der Waals surface area contributed by atoms with Crippen molar-refractivity contribution in [2.24, 2.45) is 28.6 Å². The molecule has 0 unspecified atom stereocenters. The van der Waals surface area contributed by atoms with Gasteiger partial charge in [-0.05, 0) is 67.1 Å². The van der Waals surface area contributed by atoms with Crippen LogP contribution in [0.15, 0.2) is 11.6 Å². The Morgan fingerprint density at radius 3 is 2.58 bits per heavy atom. The van der Waals surface area contributed by atoms with Crippen molar-refractivity contribution in [3.8, 4) is 0 Å². The molecule has 5 aliphatic rings. The van der Waals surface area contributed by atoms with Crippen LogP contribution in [0.25, 0.3) is 0 Å². The van der Waals surface area contributed by atoms with Gasteiger partial charge in [0.15, 0.2) is 5.79 Å². The van der Waals surface area contributed by atoms with Crippen molar-refractivity contribution in [1.82, 2.24) is 0 Å². The second kappa shape index (κ2) is 5.08. The maximum Gasteiger partial charge on any atom is 0.172 e. The normalized spacial score (nSPS) is 52.5. The first-order chi connectivity index (χ1) is 11.5. The van der Waals surface area contributed by atoms with Gasteiger partial charge in [0.2, 0.25) is 0 Å². The molecule has 0 aromatic rings. The van der Waals surface area contributed by atoms with Crippen molar-refractivity contribution < 1.29 is 14.6 Å². The van der Waals surface area contributed by atoms with Gasteiger partial charge >= 0.3 is 0 Å². The van der Waals surface area contributed by atoms with Gasteiger partial charge in [0.05, 0.1) is 19.3 Å². The van der Waals surface area contributed by atoms with E-state index in [1.165, 1.54) is 32.1 Å². The van der Waals surface area contributed by atoms with E-state index in [2.05, 4.69) is 19.9 Å². The standard InChI is InChI=1S/C21H32O3/c1-19-9-10-21(23-11-12-24-21)13-14(19)3-4-15-16-5-6-18(22)20(16,2)8-7-17(15)19/h3,15-18,22H,4-13H2,1-2H3/t15-,16+,17-,18+,19-,20+/m0/s1. The maximum absolute atomic E-state index is 10.6. The van der Waals surface area contributed by atoms with Gasteiger partial charge in [-0.3, -0.25) is 0 Å². The molecule has 4 fully saturated rings. The van der Waals surface area contributed by atoms with Crippen LogP contribution in [0.5, 0.6) is 0 Å². The van der Waals surface area contributed by atoms with E-state index in [0.29, 0.717) is 5.41 Å². The Labute approximate surface area is 145 Å². The Morgan fingerprint density at radius 2 is 1.79 bits per heavy atom. The minimum atomic E-state index is -0.301. The predicted molar refractivity (Wildman–Crippen MR) is 92.3 cm³/mol. The highest BCUT2D eigenvalue weighted by atomic mass is 16.7. The van der Waals surface area contributed by atoms with Crippen molar-refractivity contribution in [1.29, 1.82) is 0 Å². The van der Waals surface area contributed by atoms with Crippen LogP contribution in [0.1, 0.15) is 65.2 Å². The van der Waals surface area contributed by atoms with Gasteiger partial charge in [0.25, 0.3) is 0 Å². The van der Waals surface area contributed by atoms with E-state index in [4.69, 9.17) is 9.47 Å². The predicted octanol–water partition coefficient (Wildman–Crippen LogP) is 4.05. The van der Waals surface area contributed by atoms with Crippen molar-refractivity contribution in [3.05, 3.63) is 11.6 Å². The first-order valence-electron chi connectivity index (χ1n) is 10.1. The fraction of sp³-hybridized carbons (Fsp3) is 0.905. The molecule has 134 valence electrons. The van der Waals surface area contributed by atoms with E-state index in [1.54, 1.807) is 5.57 Å². The minimum absolute atomic E-state index is 0.0726. The molecule has 24 heavy (non-hydrogen) atoms. The van der Waals surface area contributed by atoms with Crippen LogP contribution in [0.4, 0.5) is 0 Å². The van der Waals surface area contributed by atoms with Crippen LogP contribution in [0.3, 0.4) is 0 Å². The molecule has 1 spiro atoms. The summed E-state index contributed by atoms with van der Waals surface area (Å²) in [5, 5.41) is 10.6. The number of allylic oxidation sites excluding steroid dienone is 1. The summed E-state index contributed by atoms with van der Waals surface area (Å²) in [6.45, 7) is 6.40. The number of hydrogen-bond acceptors (Lipinski definition) is 3. The Hall–Kier alpha value is -0.380. The van der Waals surface area contributed by atoms with Gasteiger partial charge in [-0.1, -0.05) is 25.5 Å². The number of rotatable bonds is 0. The fourth-order valence-electron chi connectivity index (χ4n) is 7.32. The maximum atomic E-state index is 10.6. The van der Waals surface area contributed by atoms with E-state index >= 15 is 0 Å². The second-order valence-electron chi connectivity index (χ2n) is 9.68. The summed E-state index contributed by atoms with van der Waals surface area (Å²) in [7, 11) is 0. The fourth-order valence-corrected chi connectivity index (χ4v) is 7.32. The van der Waals surface area contributed by atoms with Crippen molar-refractivity contribution >= 4 is 0 Å². The van der Waals surface area contributed by atoms with Gasteiger partial charge in [-0.2, -0.15) is 0 Å². The van der Waals surface area contributed by atoms with E-state index in [-0.39, 0.29) is 17.3 Å². The molecule has 1 saturated heterocycles. The van der Waals surface area contributed by atoms with Crippen LogP contribution < -0.4 is 0 Å². The smallest absolute Gasteiger partial charge is 0.172 e. The highest BCUT2D eigenvalue weighted by Gasteiger charge is 2.60. The molecule has 5 rings (SSSR count). The quantitative estimate of drug-likeness (QED) is 0.680. The SMILES string of the molecule is C[C@@]12CC[C@H]3[C@@H](CC=C4CC5(CC[C@@]43C)OCCO5)[C@H]1CC[C@H]2O. The van der Waals surface area contributed by atoms with Crippen LogP contribution >= 0.6 is 0 Å². The lowest BCUT2D eigenvalue weighted by atomic mass is 9.47. The van der Waals surface area contributed by atoms with E-state index in [1.807, 2.05) is 0 Å². The average molecular weight is 332 g/mol. The van der Waals surface area contributed by atoms with Crippen LogP contribution in [0, 0.1) is 28.6 Å². The number of fused-ring (bicyclic) bond motifs is 5. The molecular weight excluding hydrogens is 300 g/mol. The molecule has 3 saturated carbocycles. The largest absolute Gasteiger partial charge is 0.393 e. The average Bonchev–Trinajstić information content (AvgIpc) is 3.14. The molecule has 3 nitrogen and oxygen atoms in total. The summed E-state index contributed by atoms with van der Waals surface area (Å²) in [5.74, 6) is 1.98. The Morgan fingerprint density at radius 1 is 1.00 bits per heavy atom. The van der Waals surface area contributed by atoms with E-state index < -0.39 is 0 Å². The van der Waals surface area contributed by atoms with Crippen molar-refractivity contribution in [2.45, 2.75) is 77.1 Å². The molecule has 4 aliphatic carbocycles. The molecular formula is C21H32O3. The zero-order valence-corrected chi connectivity index (χ0v) is 15.2. The lowest BCUT2D eigenvalue weighted by Crippen LogP contribution is -2.52. The molecule has 1 N–H and O–H groups in total. The first kappa shape index (κ1) is 15.8. The van der Waals surface area contributed by atoms with Crippen molar-refractivity contribution in [2.75, 3.05) is 13.2 Å². The third-order valence-electron chi connectivity index (χ3n) is 8.87. The summed E-state index contributed by atoms with van der Waals surface area (Å²) in [4.78, 5) is 0. The van der Waals surface area contributed by atoms with Gasteiger partial charge in [-0.15, -0.1) is 0 Å². The van der Waals surface area contributed by atoms with Crippen molar-refractivity contribution in [3.63, 3.8) is 0 Å². The number of aliphatic hydroxyl groups excluding tert-OH is 1. The molecule has 0 aromatic carbocycles. The molecule has 0 aromatic heterocycles. The summed E-state index contributed by atoms with van der Waals surface area (Å²) < 4.78 is 12.0. The van der Waals surface area contributed by atoms with E-state index in [0.717, 1.165) is 50.2 Å². The number of aliphatic hydroxyl groups is 1. The van der Waals surface area contributed by atoms with Gasteiger partial charge in [0, 0.05) is 12.8 Å². The molecule has 6 atom stereocenters. The molecule has 1 heterocycles. The summed E-state index contributed by atoms with van der Waals surface area (Å²) >= 11 is 0. The Kier molecular flexibility index (Phi) is 3.35. The zero-order valence-electron chi connectivity index (χ0n) is 15.2. The lowest BCUT2D eigenvalue weighted by molar-refractivity contribution is -0.185. The Balaban J connectivity index is 1.46. The highest BCUT2D eigenvalue weighted by Crippen LogP contribution is 2.65. The van der Waals surface area contributed by atoms with Crippen LogP contribution in [-0.2, 0) is 9.47 Å². The third kappa shape index (κ3) is 1.95. The number of ether oxygens (including phenoxy) is 2. The van der Waals surface area contributed by atoms with Crippen LogP contribution in [0.2, 0.25) is 0 Å². The van der Waals surface area contributed by atoms with Gasteiger partial charge < -0.3 is 14.6 Å². The highest BCUT2D eigenvalue weighted by molar-refractivity contribution is 5.26. The number of hydrogen-bond donors (Lipinski definition) is 1. The molecule has 3 heteroatoms. The summed E-state index contributed by atoms with van der Waals surface area (Å²) in [5.41, 5.74) is 2.12. The first-order valence-corrected chi connectivity index (χ1v) is 10.1. The Bertz CT molecular complexity index is 563. The molecule has 0 bridgehead atoms. The molecule has 1 aliphatic heterocycles. The minimum Gasteiger partial charge on any atom is -0.393 e. The molecule has 0 radical (unpaired) electrons. The summed E-state index contributed by atoms with van der Waals surface area (Å²) in [6.07, 6.45) is 11.7. The van der Waals surface area contributed by atoms with Gasteiger partial charge in [-0.25, -0.2) is 0 Å². The monoisotopic (exact) mass is 332 g/mol. The molecule has 0 amide bonds. The second-order valence-corrected chi connectivity index (χ2v) is 9.68. The third-order valence-corrected chi connectivity index (χ3v) is 8.87. The van der Waals surface area contributed by atoms with Crippen LogP contribution in [-0.4, -0.2) is 30.2 Å².